The number of aliphatic carboxylic acids is 2. The molecule has 0 radical (unpaired) electrons. The average Bonchev–Trinajstić information content (AvgIpc) is 2.60. The Hall–Kier alpha value is -2.45. The molecule has 0 bridgehead atoms. The van der Waals surface area contributed by atoms with Gasteiger partial charge < -0.3 is 24.4 Å². The van der Waals surface area contributed by atoms with Crippen LogP contribution in [0.25, 0.3) is 0 Å². The molecule has 0 spiro atoms. The predicted molar refractivity (Wildman–Crippen MR) is 92.6 cm³/mol. The lowest BCUT2D eigenvalue weighted by Gasteiger charge is -2.40. The quantitative estimate of drug-likeness (QED) is 0.625. The van der Waals surface area contributed by atoms with Crippen LogP contribution < -0.4 is 0 Å². The zero-order chi connectivity index (χ0) is 19.8. The second-order valence-electron chi connectivity index (χ2n) is 6.56. The molecule has 1 saturated heterocycles. The predicted octanol–water partition coefficient (Wildman–Crippen LogP) is 2.06. The van der Waals surface area contributed by atoms with Crippen molar-refractivity contribution in [1.29, 1.82) is 0 Å². The fourth-order valence-electron chi connectivity index (χ4n) is 3.27. The smallest absolute Gasteiger partial charge is 0.303 e. The van der Waals surface area contributed by atoms with Gasteiger partial charge in [-0.1, -0.05) is 30.3 Å². The summed E-state index contributed by atoms with van der Waals surface area (Å²) in [6, 6.07) is 9.41. The maximum atomic E-state index is 11.2. The van der Waals surface area contributed by atoms with Crippen LogP contribution in [0.4, 0.5) is 0 Å². The molecule has 4 atom stereocenters. The molecular formula is C19H24O8. The van der Waals surface area contributed by atoms with Crippen LogP contribution in [0.3, 0.4) is 0 Å². The van der Waals surface area contributed by atoms with E-state index in [4.69, 9.17) is 14.2 Å². The van der Waals surface area contributed by atoms with Crippen LogP contribution in [0.15, 0.2) is 30.3 Å². The molecule has 2 rings (SSSR count). The summed E-state index contributed by atoms with van der Waals surface area (Å²) in [5.41, 5.74) is 0.931. The average molecular weight is 380 g/mol. The normalized spacial score (nSPS) is 24.9. The van der Waals surface area contributed by atoms with Crippen LogP contribution in [-0.4, -0.2) is 47.1 Å². The van der Waals surface area contributed by atoms with Crippen molar-refractivity contribution in [2.24, 2.45) is 11.8 Å². The minimum atomic E-state index is -1.06. The minimum Gasteiger partial charge on any atom is -0.481 e. The number of carbonyl (C=O) groups excluding carboxylic acids is 1. The zero-order valence-electron chi connectivity index (χ0n) is 15.1. The first-order chi connectivity index (χ1) is 12.8. The number of rotatable bonds is 9. The van der Waals surface area contributed by atoms with E-state index in [0.29, 0.717) is 0 Å². The highest BCUT2D eigenvalue weighted by Crippen LogP contribution is 2.36. The highest BCUT2D eigenvalue weighted by Gasteiger charge is 2.41. The van der Waals surface area contributed by atoms with E-state index < -0.39 is 42.1 Å². The Balaban J connectivity index is 2.10. The number of carboxylic acids is 2. The summed E-state index contributed by atoms with van der Waals surface area (Å²) in [6.07, 6.45) is -1.67. The van der Waals surface area contributed by atoms with E-state index in [2.05, 4.69) is 0 Å². The van der Waals surface area contributed by atoms with Gasteiger partial charge in [-0.05, 0) is 11.5 Å². The Labute approximate surface area is 157 Å². The van der Waals surface area contributed by atoms with E-state index in [1.54, 1.807) is 0 Å². The van der Waals surface area contributed by atoms with Gasteiger partial charge in [0.25, 0.3) is 0 Å². The summed E-state index contributed by atoms with van der Waals surface area (Å²) in [4.78, 5) is 33.6. The summed E-state index contributed by atoms with van der Waals surface area (Å²) in [6.45, 7) is 1.37. The first-order valence-electron chi connectivity index (χ1n) is 8.73. The standard InChI is InChI=1S/C19H24O8/c1-12(20)25-11-16-15(9-18(23)24)14(7-17(21)22)8-19(27-16)26-10-13-5-3-2-4-6-13/h2-6,14-16,19H,7-11H2,1H3,(H,21,22)(H,23,24)/t14-,15-,16-,19+/m0/s1. The van der Waals surface area contributed by atoms with Crippen molar-refractivity contribution in [1.82, 2.24) is 0 Å². The fraction of sp³-hybridized carbons (Fsp3) is 0.526. The van der Waals surface area contributed by atoms with Crippen molar-refractivity contribution in [2.75, 3.05) is 6.61 Å². The summed E-state index contributed by atoms with van der Waals surface area (Å²) in [5, 5.41) is 18.4. The Kier molecular flexibility index (Phi) is 7.75. The number of hydrogen-bond acceptors (Lipinski definition) is 6. The Morgan fingerprint density at radius 1 is 1.11 bits per heavy atom. The van der Waals surface area contributed by atoms with Crippen LogP contribution in [-0.2, 0) is 35.2 Å². The van der Waals surface area contributed by atoms with E-state index in [1.165, 1.54) is 6.92 Å². The molecule has 0 saturated carbocycles. The Bertz CT molecular complexity index is 644. The fourth-order valence-corrected chi connectivity index (χ4v) is 3.27. The first kappa shape index (κ1) is 20.9. The third kappa shape index (κ3) is 6.99. The van der Waals surface area contributed by atoms with Gasteiger partial charge >= 0.3 is 17.9 Å². The third-order valence-electron chi connectivity index (χ3n) is 4.48. The minimum absolute atomic E-state index is 0.144. The molecule has 0 unspecified atom stereocenters. The maximum absolute atomic E-state index is 11.2. The lowest BCUT2D eigenvalue weighted by Crippen LogP contribution is -2.46. The molecule has 0 aromatic heterocycles. The summed E-state index contributed by atoms with van der Waals surface area (Å²) < 4.78 is 16.6. The lowest BCUT2D eigenvalue weighted by molar-refractivity contribution is -0.241. The van der Waals surface area contributed by atoms with Gasteiger partial charge in [-0.25, -0.2) is 0 Å². The maximum Gasteiger partial charge on any atom is 0.303 e. The van der Waals surface area contributed by atoms with Crippen LogP contribution in [0.5, 0.6) is 0 Å². The SMILES string of the molecule is CC(=O)OC[C@@H]1O[C@@H](OCc2ccccc2)C[C@H](CC(=O)O)[C@@H]1CC(=O)O. The molecule has 1 aromatic carbocycles. The van der Waals surface area contributed by atoms with Gasteiger partial charge in [0.1, 0.15) is 6.61 Å². The number of hydrogen-bond donors (Lipinski definition) is 2. The highest BCUT2D eigenvalue weighted by molar-refractivity contribution is 5.69. The van der Waals surface area contributed by atoms with Gasteiger partial charge in [-0.2, -0.15) is 0 Å². The highest BCUT2D eigenvalue weighted by atomic mass is 16.7. The second-order valence-corrected chi connectivity index (χ2v) is 6.56. The van der Waals surface area contributed by atoms with Crippen molar-refractivity contribution >= 4 is 17.9 Å². The lowest BCUT2D eigenvalue weighted by atomic mass is 9.78. The van der Waals surface area contributed by atoms with E-state index in [1.807, 2.05) is 30.3 Å². The van der Waals surface area contributed by atoms with Crippen molar-refractivity contribution in [3.8, 4) is 0 Å². The topological polar surface area (TPSA) is 119 Å². The van der Waals surface area contributed by atoms with Crippen LogP contribution in [0.2, 0.25) is 0 Å². The molecular weight excluding hydrogens is 356 g/mol. The Morgan fingerprint density at radius 3 is 2.37 bits per heavy atom. The molecule has 0 amide bonds. The van der Waals surface area contributed by atoms with E-state index >= 15 is 0 Å². The molecule has 1 aliphatic heterocycles. The van der Waals surface area contributed by atoms with Gasteiger partial charge in [0.2, 0.25) is 0 Å². The number of benzene rings is 1. The van der Waals surface area contributed by atoms with Crippen molar-refractivity contribution < 1.29 is 38.8 Å². The molecule has 1 heterocycles. The van der Waals surface area contributed by atoms with Crippen molar-refractivity contribution in [3.63, 3.8) is 0 Å². The van der Waals surface area contributed by atoms with Crippen molar-refractivity contribution in [3.05, 3.63) is 35.9 Å². The van der Waals surface area contributed by atoms with E-state index in [-0.39, 0.29) is 32.5 Å². The van der Waals surface area contributed by atoms with E-state index in [0.717, 1.165) is 5.56 Å². The van der Waals surface area contributed by atoms with Gasteiger partial charge in [-0.3, -0.25) is 14.4 Å². The van der Waals surface area contributed by atoms with Crippen LogP contribution in [0, 0.1) is 11.8 Å². The van der Waals surface area contributed by atoms with E-state index in [9.17, 15) is 24.6 Å². The summed E-state index contributed by atoms with van der Waals surface area (Å²) in [5.74, 6) is -3.65. The summed E-state index contributed by atoms with van der Waals surface area (Å²) in [7, 11) is 0. The molecule has 27 heavy (non-hydrogen) atoms. The van der Waals surface area contributed by atoms with Gasteiger partial charge in [0.15, 0.2) is 6.29 Å². The Morgan fingerprint density at radius 2 is 1.78 bits per heavy atom. The molecule has 1 aromatic rings. The van der Waals surface area contributed by atoms with Crippen molar-refractivity contribution in [2.45, 2.75) is 45.2 Å². The van der Waals surface area contributed by atoms with Gasteiger partial charge in [0, 0.05) is 25.7 Å². The molecule has 1 fully saturated rings. The summed E-state index contributed by atoms with van der Waals surface area (Å²) >= 11 is 0. The molecule has 148 valence electrons. The molecule has 0 aliphatic carbocycles. The largest absolute Gasteiger partial charge is 0.481 e. The second kappa shape index (κ2) is 10.0. The van der Waals surface area contributed by atoms with Crippen LogP contribution >= 0.6 is 0 Å². The first-order valence-corrected chi connectivity index (χ1v) is 8.73. The number of carbonyl (C=O) groups is 3. The number of esters is 1. The molecule has 8 heteroatoms. The zero-order valence-corrected chi connectivity index (χ0v) is 15.1. The third-order valence-corrected chi connectivity index (χ3v) is 4.48. The van der Waals surface area contributed by atoms with Gasteiger partial charge in [-0.15, -0.1) is 0 Å². The number of ether oxygens (including phenoxy) is 3. The van der Waals surface area contributed by atoms with Gasteiger partial charge in [0.05, 0.1) is 19.1 Å². The molecule has 2 N–H and O–H groups in total. The number of carboxylic acid groups (broad SMARTS) is 2. The molecule has 1 aliphatic rings. The van der Waals surface area contributed by atoms with Crippen LogP contribution in [0.1, 0.15) is 31.7 Å². The monoisotopic (exact) mass is 380 g/mol. The molecule has 8 nitrogen and oxygen atoms in total.